The van der Waals surface area contributed by atoms with Gasteiger partial charge in [0.15, 0.2) is 0 Å². The first-order valence-electron chi connectivity index (χ1n) is 17.3. The number of hydrogen-bond acceptors (Lipinski definition) is 8. The SMILES string of the molecule is [C-]#[N+]C1NN(C23CC(C2)C3)C2=C1c1c(Cl)ccc3c(c(C(=O)OC)n(C)c13)CCCOc1cc(cc3ccccc13)SCc1cc(n[nH]1)CSC2. The number of thioether (sulfide) groups is 2. The average molecular weight is 737 g/mol. The van der Waals surface area contributed by atoms with Crippen LogP contribution in [-0.4, -0.2) is 56.9 Å². The van der Waals surface area contributed by atoms with Crippen molar-refractivity contribution >= 4 is 68.3 Å². The molecule has 10 rings (SSSR count). The number of aromatic amines is 1. The third-order valence-corrected chi connectivity index (χ3v) is 13.3. The molecule has 3 saturated carbocycles. The molecule has 2 aromatic heterocycles. The van der Waals surface area contributed by atoms with E-state index in [1.807, 2.05) is 29.8 Å². The van der Waals surface area contributed by atoms with Crippen LogP contribution < -0.4 is 10.2 Å². The fourth-order valence-corrected chi connectivity index (χ4v) is 10.6. The molecule has 9 nitrogen and oxygen atoms in total. The predicted octanol–water partition coefficient (Wildman–Crippen LogP) is 8.37. The number of halogens is 1. The molecule has 2 aliphatic heterocycles. The summed E-state index contributed by atoms with van der Waals surface area (Å²) >= 11 is 10.7. The highest BCUT2D eigenvalue weighted by Gasteiger charge is 2.63. The number of fused-ring (bicyclic) bond motifs is 7. The van der Waals surface area contributed by atoms with Crippen molar-refractivity contribution < 1.29 is 14.3 Å². The van der Waals surface area contributed by atoms with Crippen molar-refractivity contribution in [3.05, 3.63) is 105 Å². The minimum atomic E-state index is -0.605. The van der Waals surface area contributed by atoms with Crippen LogP contribution in [0.3, 0.4) is 0 Å². The van der Waals surface area contributed by atoms with Crippen LogP contribution >= 0.6 is 35.1 Å². The summed E-state index contributed by atoms with van der Waals surface area (Å²) in [5, 5.41) is 13.9. The monoisotopic (exact) mass is 736 g/mol. The van der Waals surface area contributed by atoms with Crippen molar-refractivity contribution in [2.45, 2.75) is 60.2 Å². The number of esters is 1. The number of nitrogens with zero attached hydrogens (tertiary/aromatic N) is 4. The number of H-pyrrole nitrogens is 1. The molecule has 12 heteroatoms. The second-order valence-corrected chi connectivity index (χ2v) is 16.5. The highest BCUT2D eigenvalue weighted by molar-refractivity contribution is 7.98. The van der Waals surface area contributed by atoms with E-state index >= 15 is 0 Å². The number of benzene rings is 3. The molecule has 0 amide bonds. The molecular formula is C39H37ClN6O3S2. The molecule has 3 aromatic carbocycles. The standard InChI is InChI=1S/C39H37ClN6O3S2/c1-41-37-34-31(46(44-37)39-16-22(17-39)18-39)21-50-19-24-14-25(43-42-24)20-51-26-13-23-7-4-5-8-27(23)32(15-26)49-12-6-9-28-29-10-11-30(40)33(34)35(29)45(2)36(28)38(47)48-3/h4-5,7-8,10-11,13-15,22,37,44H,6,9,12,16-21H2,2-3H3,(H,42,43). The van der Waals surface area contributed by atoms with Crippen LogP contribution in [0.4, 0.5) is 0 Å². The van der Waals surface area contributed by atoms with Gasteiger partial charge in [0.05, 0.1) is 46.8 Å². The normalized spacial score (nSPS) is 23.2. The van der Waals surface area contributed by atoms with Crippen molar-refractivity contribution in [1.82, 2.24) is 25.2 Å². The van der Waals surface area contributed by atoms with Gasteiger partial charge in [-0.25, -0.2) is 11.4 Å². The molecule has 4 heterocycles. The summed E-state index contributed by atoms with van der Waals surface area (Å²) in [5.41, 5.74) is 10.7. The van der Waals surface area contributed by atoms with Crippen molar-refractivity contribution in [2.24, 2.45) is 13.0 Å². The molecule has 10 bridgehead atoms. The molecule has 0 saturated heterocycles. The van der Waals surface area contributed by atoms with Crippen LogP contribution in [-0.2, 0) is 29.7 Å². The lowest BCUT2D eigenvalue weighted by Gasteiger charge is -2.66. The van der Waals surface area contributed by atoms with Gasteiger partial charge in [0.25, 0.3) is 0 Å². The Bertz CT molecular complexity index is 2290. The Hall–Kier alpha value is -4.08. The Labute approximate surface area is 309 Å². The van der Waals surface area contributed by atoms with Gasteiger partial charge in [0.1, 0.15) is 11.4 Å². The zero-order valence-electron chi connectivity index (χ0n) is 28.4. The molecule has 0 radical (unpaired) electrons. The topological polar surface area (TPSA) is 88.8 Å². The van der Waals surface area contributed by atoms with E-state index in [1.165, 1.54) is 7.11 Å². The Morgan fingerprint density at radius 1 is 1.12 bits per heavy atom. The highest BCUT2D eigenvalue weighted by atomic mass is 35.5. The van der Waals surface area contributed by atoms with E-state index in [0.717, 1.165) is 103 Å². The summed E-state index contributed by atoms with van der Waals surface area (Å²) in [6, 6.07) is 18.7. The van der Waals surface area contributed by atoms with E-state index in [1.54, 1.807) is 23.5 Å². The number of rotatable bonds is 2. The number of hydrazine groups is 1. The lowest BCUT2D eigenvalue weighted by atomic mass is 9.49. The minimum absolute atomic E-state index is 0.0344. The van der Waals surface area contributed by atoms with Crippen molar-refractivity contribution in [3.63, 3.8) is 0 Å². The average Bonchev–Trinajstić information content (AvgIpc) is 3.78. The number of ether oxygens (including phenoxy) is 2. The molecule has 260 valence electrons. The number of carbonyl (C=O) groups is 1. The fourth-order valence-electron chi connectivity index (χ4n) is 8.51. The number of carbonyl (C=O) groups excluding carboxylic acids is 1. The van der Waals surface area contributed by atoms with Gasteiger partial charge in [-0.1, -0.05) is 41.9 Å². The fraction of sp³-hybridized carbons (Fsp3) is 0.359. The van der Waals surface area contributed by atoms with Crippen molar-refractivity contribution in [3.8, 4) is 5.75 Å². The molecule has 2 N–H and O–H groups in total. The Balaban J connectivity index is 1.19. The maximum absolute atomic E-state index is 13.5. The first-order valence-corrected chi connectivity index (χ1v) is 19.8. The van der Waals surface area contributed by atoms with Crippen LogP contribution in [0.25, 0.3) is 32.1 Å². The van der Waals surface area contributed by atoms with Gasteiger partial charge in [-0.3, -0.25) is 15.0 Å². The summed E-state index contributed by atoms with van der Waals surface area (Å²) in [7, 11) is 3.32. The molecular weight excluding hydrogens is 700 g/mol. The maximum Gasteiger partial charge on any atom is 0.354 e. The highest BCUT2D eigenvalue weighted by Crippen LogP contribution is 2.62. The van der Waals surface area contributed by atoms with E-state index in [0.29, 0.717) is 35.9 Å². The molecule has 1 unspecified atom stereocenters. The third kappa shape index (κ3) is 5.41. The number of nitrogens with one attached hydrogen (secondary N) is 2. The van der Waals surface area contributed by atoms with Gasteiger partial charge in [-0.05, 0) is 73.2 Å². The Kier molecular flexibility index (Phi) is 8.26. The van der Waals surface area contributed by atoms with E-state index < -0.39 is 12.1 Å². The minimum Gasteiger partial charge on any atom is -0.493 e. The number of aryl methyl sites for hydroxylation is 2. The first-order chi connectivity index (χ1) is 24.9. The Morgan fingerprint density at radius 3 is 2.75 bits per heavy atom. The van der Waals surface area contributed by atoms with Gasteiger partial charge >= 0.3 is 12.1 Å². The second-order valence-electron chi connectivity index (χ2n) is 14.0. The summed E-state index contributed by atoms with van der Waals surface area (Å²) in [4.78, 5) is 18.7. The number of aromatic nitrogens is 3. The van der Waals surface area contributed by atoms with Gasteiger partial charge in [-0.15, -0.1) is 23.5 Å². The van der Waals surface area contributed by atoms with Crippen LogP contribution in [0.15, 0.2) is 65.2 Å². The lowest BCUT2D eigenvalue weighted by molar-refractivity contribution is -0.145. The van der Waals surface area contributed by atoms with Crippen molar-refractivity contribution in [1.29, 1.82) is 0 Å². The lowest BCUT2D eigenvalue weighted by Crippen LogP contribution is -2.70. The largest absolute Gasteiger partial charge is 0.493 e. The second kappa shape index (κ2) is 12.8. The summed E-state index contributed by atoms with van der Waals surface area (Å²) < 4.78 is 13.8. The molecule has 3 aliphatic carbocycles. The van der Waals surface area contributed by atoms with E-state index in [4.69, 9.17) is 27.6 Å². The van der Waals surface area contributed by atoms with Crippen LogP contribution in [0, 0.1) is 12.5 Å². The molecule has 0 spiro atoms. The summed E-state index contributed by atoms with van der Waals surface area (Å²) in [5.74, 6) is 3.37. The van der Waals surface area contributed by atoms with Gasteiger partial charge < -0.3 is 14.0 Å². The van der Waals surface area contributed by atoms with E-state index in [2.05, 4.69) is 61.9 Å². The van der Waals surface area contributed by atoms with Crippen LogP contribution in [0.2, 0.25) is 5.02 Å². The maximum atomic E-state index is 13.5. The Morgan fingerprint density at radius 2 is 1.96 bits per heavy atom. The number of methoxy groups -OCH3 is 1. The van der Waals surface area contributed by atoms with Crippen molar-refractivity contribution in [2.75, 3.05) is 19.5 Å². The zero-order chi connectivity index (χ0) is 34.9. The molecule has 1 atom stereocenters. The molecule has 51 heavy (non-hydrogen) atoms. The third-order valence-electron chi connectivity index (χ3n) is 11.0. The van der Waals surface area contributed by atoms with E-state index in [9.17, 15) is 4.79 Å². The molecule has 3 fully saturated rings. The summed E-state index contributed by atoms with van der Waals surface area (Å²) in [6.07, 6.45) is 4.06. The van der Waals surface area contributed by atoms with Gasteiger partial charge in [0, 0.05) is 51.2 Å². The van der Waals surface area contributed by atoms with Gasteiger partial charge in [0.2, 0.25) is 0 Å². The molecule has 5 aliphatic rings. The first kappa shape index (κ1) is 32.8. The van der Waals surface area contributed by atoms with Crippen LogP contribution in [0.5, 0.6) is 5.75 Å². The quantitative estimate of drug-likeness (QED) is 0.138. The predicted molar refractivity (Wildman–Crippen MR) is 204 cm³/mol. The smallest absolute Gasteiger partial charge is 0.354 e. The van der Waals surface area contributed by atoms with Gasteiger partial charge in [-0.2, -0.15) is 10.5 Å². The van der Waals surface area contributed by atoms with E-state index in [-0.39, 0.29) is 5.54 Å². The molecule has 5 aromatic rings. The summed E-state index contributed by atoms with van der Waals surface area (Å²) in [6.45, 7) is 8.81. The van der Waals surface area contributed by atoms with Crippen LogP contribution in [0.1, 0.15) is 58.7 Å². The number of hydrogen-bond donors (Lipinski definition) is 2. The zero-order valence-corrected chi connectivity index (χ0v) is 30.8.